The highest BCUT2D eigenvalue weighted by atomic mass is 32.2. The van der Waals surface area contributed by atoms with Gasteiger partial charge in [0.2, 0.25) is 10.0 Å². The molecule has 152 valence electrons. The number of aromatic amines is 1. The van der Waals surface area contributed by atoms with E-state index in [1.165, 1.54) is 4.31 Å². The van der Waals surface area contributed by atoms with Gasteiger partial charge in [0.05, 0.1) is 23.0 Å². The van der Waals surface area contributed by atoms with Gasteiger partial charge in [-0.15, -0.1) is 0 Å². The fourth-order valence-corrected chi connectivity index (χ4v) is 5.34. The van der Waals surface area contributed by atoms with Gasteiger partial charge in [0.25, 0.3) is 0 Å². The Balaban J connectivity index is 1.33. The SMILES string of the molecule is COc1ccccc1-c1ccc(S(=O)(=O)N2CC(c3nc4ccccc4[nH]3)C2)cc1. The Morgan fingerprint density at radius 2 is 1.67 bits per heavy atom. The van der Waals surface area contributed by atoms with Crippen molar-refractivity contribution in [3.05, 3.63) is 78.6 Å². The minimum absolute atomic E-state index is 0.0834. The summed E-state index contributed by atoms with van der Waals surface area (Å²) in [7, 11) is -1.90. The van der Waals surface area contributed by atoms with Crippen LogP contribution in [-0.4, -0.2) is 42.9 Å². The van der Waals surface area contributed by atoms with E-state index in [1.807, 2.05) is 60.7 Å². The topological polar surface area (TPSA) is 75.3 Å². The molecule has 1 aliphatic heterocycles. The molecule has 0 radical (unpaired) electrons. The van der Waals surface area contributed by atoms with Crippen LogP contribution in [0.4, 0.5) is 0 Å². The van der Waals surface area contributed by atoms with E-state index in [2.05, 4.69) is 9.97 Å². The Hall–Kier alpha value is -3.16. The number of rotatable bonds is 5. The van der Waals surface area contributed by atoms with E-state index in [0.29, 0.717) is 18.0 Å². The van der Waals surface area contributed by atoms with Crippen LogP contribution in [0.5, 0.6) is 5.75 Å². The average Bonchev–Trinajstić information content (AvgIpc) is 3.16. The van der Waals surface area contributed by atoms with Crippen molar-refractivity contribution in [1.29, 1.82) is 0 Å². The lowest BCUT2D eigenvalue weighted by Gasteiger charge is -2.36. The molecule has 0 atom stereocenters. The lowest BCUT2D eigenvalue weighted by atomic mass is 10.0. The molecule has 6 nitrogen and oxygen atoms in total. The second-order valence-corrected chi connectivity index (χ2v) is 9.32. The van der Waals surface area contributed by atoms with Gasteiger partial charge in [-0.1, -0.05) is 42.5 Å². The summed E-state index contributed by atoms with van der Waals surface area (Å²) in [5.41, 5.74) is 3.72. The minimum atomic E-state index is -3.53. The van der Waals surface area contributed by atoms with Crippen molar-refractivity contribution in [2.24, 2.45) is 0 Å². The number of nitrogens with one attached hydrogen (secondary N) is 1. The molecule has 0 saturated carbocycles. The van der Waals surface area contributed by atoms with Crippen LogP contribution in [0, 0.1) is 0 Å². The smallest absolute Gasteiger partial charge is 0.243 e. The van der Waals surface area contributed by atoms with E-state index < -0.39 is 10.0 Å². The summed E-state index contributed by atoms with van der Waals surface area (Å²) >= 11 is 0. The molecule has 1 aliphatic rings. The molecule has 3 aromatic carbocycles. The number of ether oxygens (including phenoxy) is 1. The third-order valence-electron chi connectivity index (χ3n) is 5.55. The molecule has 0 aliphatic carbocycles. The Morgan fingerprint density at radius 3 is 2.40 bits per heavy atom. The molecule has 5 rings (SSSR count). The van der Waals surface area contributed by atoms with Crippen LogP contribution >= 0.6 is 0 Å². The molecular formula is C23H21N3O3S. The molecular weight excluding hydrogens is 398 g/mol. The van der Waals surface area contributed by atoms with Crippen LogP contribution in [0.2, 0.25) is 0 Å². The van der Waals surface area contributed by atoms with Crippen molar-refractivity contribution >= 4 is 21.1 Å². The van der Waals surface area contributed by atoms with E-state index in [-0.39, 0.29) is 5.92 Å². The van der Waals surface area contributed by atoms with Gasteiger partial charge in [0.15, 0.2) is 0 Å². The van der Waals surface area contributed by atoms with Gasteiger partial charge in [-0.05, 0) is 35.9 Å². The highest BCUT2D eigenvalue weighted by molar-refractivity contribution is 7.89. The number of methoxy groups -OCH3 is 1. The largest absolute Gasteiger partial charge is 0.496 e. The fraction of sp³-hybridized carbons (Fsp3) is 0.174. The maximum Gasteiger partial charge on any atom is 0.243 e. The lowest BCUT2D eigenvalue weighted by molar-refractivity contribution is 0.257. The van der Waals surface area contributed by atoms with Gasteiger partial charge >= 0.3 is 0 Å². The summed E-state index contributed by atoms with van der Waals surface area (Å²) in [5, 5.41) is 0. The van der Waals surface area contributed by atoms with E-state index in [4.69, 9.17) is 4.74 Å². The van der Waals surface area contributed by atoms with Crippen molar-refractivity contribution in [2.45, 2.75) is 10.8 Å². The molecule has 4 aromatic rings. The zero-order valence-corrected chi connectivity index (χ0v) is 17.3. The monoisotopic (exact) mass is 419 g/mol. The highest BCUT2D eigenvalue weighted by Gasteiger charge is 2.39. The molecule has 1 aromatic heterocycles. The summed E-state index contributed by atoms with van der Waals surface area (Å²) in [6.07, 6.45) is 0. The summed E-state index contributed by atoms with van der Waals surface area (Å²) in [6.45, 7) is 0.854. The Kier molecular flexibility index (Phi) is 4.56. The van der Waals surface area contributed by atoms with Crippen LogP contribution in [-0.2, 0) is 10.0 Å². The summed E-state index contributed by atoms with van der Waals surface area (Å²) in [5.74, 6) is 1.68. The number of hydrogen-bond donors (Lipinski definition) is 1. The second-order valence-electron chi connectivity index (χ2n) is 7.38. The van der Waals surface area contributed by atoms with Gasteiger partial charge in [-0.3, -0.25) is 0 Å². The van der Waals surface area contributed by atoms with Crippen molar-refractivity contribution in [1.82, 2.24) is 14.3 Å². The molecule has 1 fully saturated rings. The lowest BCUT2D eigenvalue weighted by Crippen LogP contribution is -2.48. The minimum Gasteiger partial charge on any atom is -0.496 e. The van der Waals surface area contributed by atoms with E-state index in [9.17, 15) is 8.42 Å². The van der Waals surface area contributed by atoms with E-state index >= 15 is 0 Å². The molecule has 0 bridgehead atoms. The number of para-hydroxylation sites is 3. The first kappa shape index (κ1) is 18.8. The predicted molar refractivity (Wildman–Crippen MR) is 116 cm³/mol. The number of imidazole rings is 1. The highest BCUT2D eigenvalue weighted by Crippen LogP contribution is 2.34. The van der Waals surface area contributed by atoms with Crippen molar-refractivity contribution < 1.29 is 13.2 Å². The van der Waals surface area contributed by atoms with Crippen LogP contribution in [0.1, 0.15) is 11.7 Å². The average molecular weight is 420 g/mol. The van der Waals surface area contributed by atoms with Gasteiger partial charge in [0, 0.05) is 24.6 Å². The predicted octanol–water partition coefficient (Wildman–Crippen LogP) is 4.03. The van der Waals surface area contributed by atoms with E-state index in [0.717, 1.165) is 33.7 Å². The van der Waals surface area contributed by atoms with Crippen LogP contribution in [0.15, 0.2) is 77.7 Å². The van der Waals surface area contributed by atoms with Crippen LogP contribution < -0.4 is 4.74 Å². The van der Waals surface area contributed by atoms with Crippen LogP contribution in [0.25, 0.3) is 22.2 Å². The van der Waals surface area contributed by atoms with Crippen LogP contribution in [0.3, 0.4) is 0 Å². The zero-order chi connectivity index (χ0) is 20.7. The summed E-state index contributed by atoms with van der Waals surface area (Å²) in [6, 6.07) is 22.5. The summed E-state index contributed by atoms with van der Waals surface area (Å²) in [4.78, 5) is 8.19. The maximum atomic E-state index is 13.0. The van der Waals surface area contributed by atoms with Crippen molar-refractivity contribution in [3.8, 4) is 16.9 Å². The number of nitrogens with zero attached hydrogens (tertiary/aromatic N) is 2. The molecule has 2 heterocycles. The third kappa shape index (κ3) is 3.16. The zero-order valence-electron chi connectivity index (χ0n) is 16.4. The van der Waals surface area contributed by atoms with Crippen molar-refractivity contribution in [2.75, 3.05) is 20.2 Å². The number of benzene rings is 3. The standard InChI is InChI=1S/C23H21N3O3S/c1-29-22-9-5-2-6-19(22)16-10-12-18(13-11-16)30(27,28)26-14-17(15-26)23-24-20-7-3-4-8-21(20)25-23/h2-13,17H,14-15H2,1H3,(H,24,25). The molecule has 1 N–H and O–H groups in total. The number of fused-ring (bicyclic) bond motifs is 1. The first-order valence-electron chi connectivity index (χ1n) is 9.74. The second kappa shape index (κ2) is 7.27. The maximum absolute atomic E-state index is 13.0. The number of sulfonamides is 1. The molecule has 30 heavy (non-hydrogen) atoms. The molecule has 0 amide bonds. The Labute approximate surface area is 175 Å². The first-order valence-corrected chi connectivity index (χ1v) is 11.2. The normalized spacial score (nSPS) is 15.2. The number of hydrogen-bond acceptors (Lipinski definition) is 4. The Morgan fingerprint density at radius 1 is 0.967 bits per heavy atom. The quantitative estimate of drug-likeness (QED) is 0.530. The van der Waals surface area contributed by atoms with E-state index in [1.54, 1.807) is 19.2 Å². The molecule has 1 saturated heterocycles. The molecule has 0 spiro atoms. The van der Waals surface area contributed by atoms with Crippen molar-refractivity contribution in [3.63, 3.8) is 0 Å². The van der Waals surface area contributed by atoms with Gasteiger partial charge < -0.3 is 9.72 Å². The fourth-order valence-electron chi connectivity index (χ4n) is 3.81. The third-order valence-corrected chi connectivity index (χ3v) is 7.40. The van der Waals surface area contributed by atoms with Gasteiger partial charge in [0.1, 0.15) is 11.6 Å². The number of aromatic nitrogens is 2. The van der Waals surface area contributed by atoms with Gasteiger partial charge in [-0.2, -0.15) is 4.31 Å². The molecule has 0 unspecified atom stereocenters. The molecule has 7 heteroatoms. The first-order chi connectivity index (χ1) is 14.6. The van der Waals surface area contributed by atoms with Gasteiger partial charge in [-0.25, -0.2) is 13.4 Å². The summed E-state index contributed by atoms with van der Waals surface area (Å²) < 4.78 is 32.9. The number of H-pyrrole nitrogens is 1. The Bertz CT molecular complexity index is 1270.